The Morgan fingerprint density at radius 3 is 2.62 bits per heavy atom. The summed E-state index contributed by atoms with van der Waals surface area (Å²) >= 11 is 0. The molecule has 2 N–H and O–H groups in total. The van der Waals surface area contributed by atoms with E-state index in [0.717, 1.165) is 5.56 Å². The minimum atomic E-state index is -0.149. The summed E-state index contributed by atoms with van der Waals surface area (Å²) in [7, 11) is 0. The lowest BCUT2D eigenvalue weighted by molar-refractivity contribution is 0.747. The molecule has 1 rings (SSSR count). The number of hydrogen-bond acceptors (Lipinski definition) is 2. The van der Waals surface area contributed by atoms with Gasteiger partial charge in [0.25, 0.3) is 0 Å². The number of nitriles is 1. The third-order valence-corrected chi connectivity index (χ3v) is 2.27. The largest absolute Gasteiger partial charge is 0.323 e. The Hall–Kier alpha value is -1.33. The van der Waals surface area contributed by atoms with E-state index in [4.69, 9.17) is 11.0 Å². The fourth-order valence-electron chi connectivity index (χ4n) is 1.21. The van der Waals surface area contributed by atoms with E-state index in [0.29, 0.717) is 6.42 Å². The first-order chi connectivity index (χ1) is 6.15. The fourth-order valence-corrected chi connectivity index (χ4v) is 1.21. The Labute approximate surface area is 79.0 Å². The monoisotopic (exact) mass is 174 g/mol. The van der Waals surface area contributed by atoms with Gasteiger partial charge in [0.2, 0.25) is 0 Å². The first-order valence-corrected chi connectivity index (χ1v) is 4.35. The van der Waals surface area contributed by atoms with E-state index in [1.165, 1.54) is 11.1 Å². The predicted molar refractivity (Wildman–Crippen MR) is 53.1 cm³/mol. The minimum absolute atomic E-state index is 0.149. The molecule has 0 heterocycles. The molecule has 0 fully saturated rings. The number of benzene rings is 1. The third kappa shape index (κ3) is 2.30. The summed E-state index contributed by atoms with van der Waals surface area (Å²) in [6, 6.07) is 8.01. The van der Waals surface area contributed by atoms with Crippen molar-refractivity contribution in [3.05, 3.63) is 34.9 Å². The van der Waals surface area contributed by atoms with Gasteiger partial charge in [0, 0.05) is 6.04 Å². The van der Waals surface area contributed by atoms with E-state index in [2.05, 4.69) is 26.0 Å². The molecule has 1 aromatic rings. The molecule has 0 aromatic heterocycles. The van der Waals surface area contributed by atoms with Gasteiger partial charge in [-0.2, -0.15) is 5.26 Å². The van der Waals surface area contributed by atoms with Crippen molar-refractivity contribution in [3.63, 3.8) is 0 Å². The second-order valence-corrected chi connectivity index (χ2v) is 3.31. The zero-order valence-corrected chi connectivity index (χ0v) is 8.04. The lowest BCUT2D eigenvalue weighted by atomic mass is 10.0. The summed E-state index contributed by atoms with van der Waals surface area (Å²) in [6.45, 7) is 4.12. The van der Waals surface area contributed by atoms with Crippen LogP contribution in [0, 0.1) is 25.2 Å². The van der Waals surface area contributed by atoms with Crippen molar-refractivity contribution in [2.45, 2.75) is 26.3 Å². The molecular weight excluding hydrogens is 160 g/mol. The van der Waals surface area contributed by atoms with E-state index >= 15 is 0 Å². The summed E-state index contributed by atoms with van der Waals surface area (Å²) in [5.74, 6) is 0. The quantitative estimate of drug-likeness (QED) is 0.747. The summed E-state index contributed by atoms with van der Waals surface area (Å²) in [6.07, 6.45) is 0.377. The summed E-state index contributed by atoms with van der Waals surface area (Å²) in [4.78, 5) is 0. The Bertz CT molecular complexity index is 336. The molecule has 0 bridgehead atoms. The average Bonchev–Trinajstić information content (AvgIpc) is 2.10. The highest BCUT2D eigenvalue weighted by atomic mass is 14.6. The normalized spacial score (nSPS) is 12.2. The molecule has 0 aliphatic carbocycles. The van der Waals surface area contributed by atoms with E-state index in [1.54, 1.807) is 0 Å². The van der Waals surface area contributed by atoms with Crippen LogP contribution in [0.15, 0.2) is 18.2 Å². The number of aryl methyl sites for hydroxylation is 2. The highest BCUT2D eigenvalue weighted by molar-refractivity contribution is 5.31. The van der Waals surface area contributed by atoms with Gasteiger partial charge in [-0.3, -0.25) is 0 Å². The van der Waals surface area contributed by atoms with E-state index in [-0.39, 0.29) is 6.04 Å². The van der Waals surface area contributed by atoms with Crippen molar-refractivity contribution in [2.24, 2.45) is 5.73 Å². The molecule has 68 valence electrons. The van der Waals surface area contributed by atoms with E-state index in [9.17, 15) is 0 Å². The molecule has 1 aromatic carbocycles. The number of nitrogens with zero attached hydrogens (tertiary/aromatic N) is 1. The lowest BCUT2D eigenvalue weighted by Crippen LogP contribution is -2.09. The standard InChI is InChI=1S/C11H14N2/c1-8-3-4-10(7-9(8)2)11(13)5-6-12/h3-4,7,11H,5,13H2,1-2H3/t11-/m1/s1. The van der Waals surface area contributed by atoms with Crippen LogP contribution in [-0.2, 0) is 0 Å². The summed E-state index contributed by atoms with van der Waals surface area (Å²) in [5.41, 5.74) is 9.33. The van der Waals surface area contributed by atoms with Crippen molar-refractivity contribution in [2.75, 3.05) is 0 Å². The number of nitrogens with two attached hydrogens (primary N) is 1. The molecular formula is C11H14N2. The fraction of sp³-hybridized carbons (Fsp3) is 0.364. The predicted octanol–water partition coefficient (Wildman–Crippen LogP) is 2.22. The van der Waals surface area contributed by atoms with Crippen LogP contribution in [-0.4, -0.2) is 0 Å². The molecule has 0 saturated heterocycles. The Morgan fingerprint density at radius 2 is 2.08 bits per heavy atom. The van der Waals surface area contributed by atoms with Gasteiger partial charge in [0.15, 0.2) is 0 Å². The maximum absolute atomic E-state index is 8.49. The molecule has 0 aliphatic heterocycles. The minimum Gasteiger partial charge on any atom is -0.323 e. The molecule has 0 unspecified atom stereocenters. The van der Waals surface area contributed by atoms with Crippen LogP contribution in [0.25, 0.3) is 0 Å². The molecule has 2 heteroatoms. The molecule has 0 spiro atoms. The highest BCUT2D eigenvalue weighted by Crippen LogP contribution is 2.17. The highest BCUT2D eigenvalue weighted by Gasteiger charge is 2.05. The number of hydrogen-bond donors (Lipinski definition) is 1. The van der Waals surface area contributed by atoms with Crippen LogP contribution >= 0.6 is 0 Å². The van der Waals surface area contributed by atoms with Gasteiger partial charge in [-0.1, -0.05) is 18.2 Å². The topological polar surface area (TPSA) is 49.8 Å². The van der Waals surface area contributed by atoms with Crippen molar-refractivity contribution in [3.8, 4) is 6.07 Å². The smallest absolute Gasteiger partial charge is 0.0641 e. The zero-order valence-electron chi connectivity index (χ0n) is 8.04. The molecule has 2 nitrogen and oxygen atoms in total. The number of rotatable bonds is 2. The second-order valence-electron chi connectivity index (χ2n) is 3.31. The van der Waals surface area contributed by atoms with Crippen molar-refractivity contribution >= 4 is 0 Å². The zero-order chi connectivity index (χ0) is 9.84. The van der Waals surface area contributed by atoms with Crippen LogP contribution in [0.2, 0.25) is 0 Å². The van der Waals surface area contributed by atoms with Gasteiger partial charge < -0.3 is 5.73 Å². The van der Waals surface area contributed by atoms with Crippen molar-refractivity contribution < 1.29 is 0 Å². The van der Waals surface area contributed by atoms with Gasteiger partial charge >= 0.3 is 0 Å². The maximum Gasteiger partial charge on any atom is 0.0641 e. The lowest BCUT2D eigenvalue weighted by Gasteiger charge is -2.09. The van der Waals surface area contributed by atoms with Crippen LogP contribution in [0.4, 0.5) is 0 Å². The molecule has 0 aliphatic rings. The van der Waals surface area contributed by atoms with E-state index in [1.807, 2.05) is 12.1 Å². The molecule has 13 heavy (non-hydrogen) atoms. The Balaban J connectivity index is 2.91. The van der Waals surface area contributed by atoms with E-state index < -0.39 is 0 Å². The van der Waals surface area contributed by atoms with Crippen LogP contribution < -0.4 is 5.73 Å². The Morgan fingerprint density at radius 1 is 1.38 bits per heavy atom. The molecule has 0 saturated carbocycles. The van der Waals surface area contributed by atoms with Crippen LogP contribution in [0.1, 0.15) is 29.2 Å². The first kappa shape index (κ1) is 9.76. The third-order valence-electron chi connectivity index (χ3n) is 2.27. The van der Waals surface area contributed by atoms with Crippen LogP contribution in [0.5, 0.6) is 0 Å². The van der Waals surface area contributed by atoms with Gasteiger partial charge in [0.05, 0.1) is 12.5 Å². The van der Waals surface area contributed by atoms with Gasteiger partial charge in [-0.05, 0) is 30.5 Å². The summed E-state index contributed by atoms with van der Waals surface area (Å²) in [5, 5.41) is 8.49. The molecule has 1 atom stereocenters. The first-order valence-electron chi connectivity index (χ1n) is 4.35. The van der Waals surface area contributed by atoms with Crippen molar-refractivity contribution in [1.29, 1.82) is 5.26 Å². The summed E-state index contributed by atoms with van der Waals surface area (Å²) < 4.78 is 0. The Kier molecular flexibility index (Phi) is 3.05. The second kappa shape index (κ2) is 4.06. The molecule has 0 radical (unpaired) electrons. The maximum atomic E-state index is 8.49. The van der Waals surface area contributed by atoms with Gasteiger partial charge in [-0.25, -0.2) is 0 Å². The van der Waals surface area contributed by atoms with Gasteiger partial charge in [0.1, 0.15) is 0 Å². The SMILES string of the molecule is Cc1ccc([C@H](N)CC#N)cc1C. The van der Waals surface area contributed by atoms with Crippen molar-refractivity contribution in [1.82, 2.24) is 0 Å². The van der Waals surface area contributed by atoms with Crippen LogP contribution in [0.3, 0.4) is 0 Å². The molecule has 0 amide bonds. The van der Waals surface area contributed by atoms with Gasteiger partial charge in [-0.15, -0.1) is 0 Å². The average molecular weight is 174 g/mol.